The van der Waals surface area contributed by atoms with Crippen LogP contribution in [0.25, 0.3) is 0 Å². The van der Waals surface area contributed by atoms with Gasteiger partial charge in [-0.1, -0.05) is 36.2 Å². The third kappa shape index (κ3) is 6.43. The van der Waals surface area contributed by atoms with Gasteiger partial charge in [0, 0.05) is 20.0 Å². The second kappa shape index (κ2) is 7.68. The van der Waals surface area contributed by atoms with E-state index in [9.17, 15) is 13.2 Å². The molecule has 11 heteroatoms. The molecule has 1 saturated carbocycles. The minimum absolute atomic E-state index is 0.310. The molecule has 1 amide bonds. The number of rotatable bonds is 5. The van der Waals surface area contributed by atoms with Gasteiger partial charge in [-0.2, -0.15) is 0 Å². The van der Waals surface area contributed by atoms with Crippen molar-refractivity contribution in [3.63, 3.8) is 0 Å². The summed E-state index contributed by atoms with van der Waals surface area (Å²) < 4.78 is 24.0. The van der Waals surface area contributed by atoms with E-state index in [2.05, 4.69) is 10.3 Å². The van der Waals surface area contributed by atoms with E-state index in [0.29, 0.717) is 15.2 Å². The number of amides is 1. The van der Waals surface area contributed by atoms with Gasteiger partial charge < -0.3 is 0 Å². The molecule has 21 heavy (non-hydrogen) atoms. The van der Waals surface area contributed by atoms with Crippen molar-refractivity contribution in [3.8, 4) is 0 Å². The van der Waals surface area contributed by atoms with E-state index in [0.717, 1.165) is 12.8 Å². The summed E-state index contributed by atoms with van der Waals surface area (Å²) in [6, 6.07) is 0. The number of thioether (sulfide) groups is 1. The minimum Gasteiger partial charge on any atom is -0.283 e. The lowest BCUT2D eigenvalue weighted by molar-refractivity contribution is -0.121. The zero-order chi connectivity index (χ0) is 16.2. The lowest BCUT2D eigenvalue weighted by atomic mass is 10.4. The SMILES string of the molecule is CSC(=S)N(C)NS(=O)(=O)CC(=O)NN(C)C(=S)C1CC1. The second-order valence-electron chi connectivity index (χ2n) is 4.59. The van der Waals surface area contributed by atoms with Crippen molar-refractivity contribution in [2.45, 2.75) is 12.8 Å². The number of sulfonamides is 1. The van der Waals surface area contributed by atoms with E-state index < -0.39 is 21.7 Å². The number of nitrogens with one attached hydrogen (secondary N) is 2. The molecule has 0 radical (unpaired) electrons. The van der Waals surface area contributed by atoms with Crippen LogP contribution in [0.1, 0.15) is 12.8 Å². The highest BCUT2D eigenvalue weighted by Gasteiger charge is 2.29. The molecule has 7 nitrogen and oxygen atoms in total. The van der Waals surface area contributed by atoms with Crippen LogP contribution in [0.4, 0.5) is 0 Å². The Balaban J connectivity index is 2.48. The molecule has 0 aliphatic heterocycles. The first-order valence-corrected chi connectivity index (χ1v) is 9.74. The zero-order valence-electron chi connectivity index (χ0n) is 12.0. The third-order valence-electron chi connectivity index (χ3n) is 2.60. The van der Waals surface area contributed by atoms with Gasteiger partial charge in [0.2, 0.25) is 10.0 Å². The number of nitrogens with zero attached hydrogens (tertiary/aromatic N) is 2. The van der Waals surface area contributed by atoms with Crippen molar-refractivity contribution in [2.75, 3.05) is 26.1 Å². The highest BCUT2D eigenvalue weighted by molar-refractivity contribution is 8.22. The molecule has 1 rings (SSSR count). The summed E-state index contributed by atoms with van der Waals surface area (Å²) in [5.74, 6) is -1.05. The average molecular weight is 371 g/mol. The first-order valence-electron chi connectivity index (χ1n) is 6.05. The fraction of sp³-hybridized carbons (Fsp3) is 0.700. The van der Waals surface area contributed by atoms with Crippen molar-refractivity contribution in [3.05, 3.63) is 0 Å². The molecule has 2 N–H and O–H groups in total. The van der Waals surface area contributed by atoms with Crippen LogP contribution in [-0.4, -0.2) is 59.8 Å². The molecule has 0 saturated heterocycles. The summed E-state index contributed by atoms with van der Waals surface area (Å²) in [5, 5.41) is 2.59. The fourth-order valence-corrected chi connectivity index (χ4v) is 3.21. The number of hydrazine groups is 2. The molecule has 1 fully saturated rings. The summed E-state index contributed by atoms with van der Waals surface area (Å²) in [4.78, 5) is 14.6. The van der Waals surface area contributed by atoms with Gasteiger partial charge in [0.15, 0.2) is 4.32 Å². The van der Waals surface area contributed by atoms with E-state index in [4.69, 9.17) is 24.4 Å². The highest BCUT2D eigenvalue weighted by atomic mass is 32.2. The van der Waals surface area contributed by atoms with E-state index in [-0.39, 0.29) is 0 Å². The molecule has 0 aromatic rings. The van der Waals surface area contributed by atoms with Gasteiger partial charge in [-0.05, 0) is 19.1 Å². The van der Waals surface area contributed by atoms with Crippen LogP contribution in [-0.2, 0) is 14.8 Å². The maximum absolute atomic E-state index is 11.8. The van der Waals surface area contributed by atoms with Crippen molar-refractivity contribution >= 4 is 61.4 Å². The summed E-state index contributed by atoms with van der Waals surface area (Å²) >= 11 is 11.3. The van der Waals surface area contributed by atoms with Crippen LogP contribution in [0.5, 0.6) is 0 Å². The van der Waals surface area contributed by atoms with Crippen LogP contribution in [0.3, 0.4) is 0 Å². The molecule has 0 aromatic heterocycles. The lowest BCUT2D eigenvalue weighted by Gasteiger charge is -2.22. The number of hydrogen-bond acceptors (Lipinski definition) is 6. The number of hydrogen-bond donors (Lipinski definition) is 2. The molecule has 0 heterocycles. The smallest absolute Gasteiger partial charge is 0.255 e. The molecule has 0 unspecified atom stereocenters. The second-order valence-corrected chi connectivity index (χ2v) is 8.15. The van der Waals surface area contributed by atoms with Gasteiger partial charge in [0.05, 0.1) is 4.99 Å². The van der Waals surface area contributed by atoms with E-state index in [1.165, 1.54) is 28.8 Å². The first-order chi connectivity index (χ1) is 9.66. The molecular formula is C10H18N4O3S4. The summed E-state index contributed by atoms with van der Waals surface area (Å²) in [6.07, 6.45) is 3.75. The largest absolute Gasteiger partial charge is 0.283 e. The van der Waals surface area contributed by atoms with Crippen LogP contribution in [0.2, 0.25) is 0 Å². The Bertz CT molecular complexity index is 532. The molecule has 0 atom stereocenters. The molecule has 1 aliphatic rings. The Kier molecular flexibility index (Phi) is 6.78. The monoisotopic (exact) mass is 370 g/mol. The lowest BCUT2D eigenvalue weighted by Crippen LogP contribution is -2.49. The van der Waals surface area contributed by atoms with Crippen LogP contribution in [0.15, 0.2) is 0 Å². The molecule has 0 aromatic carbocycles. The Hall–Kier alpha value is -0.490. The van der Waals surface area contributed by atoms with Crippen molar-refractivity contribution < 1.29 is 13.2 Å². The zero-order valence-corrected chi connectivity index (χ0v) is 15.2. The van der Waals surface area contributed by atoms with E-state index in [1.807, 2.05) is 0 Å². The Morgan fingerprint density at radius 1 is 1.29 bits per heavy atom. The van der Waals surface area contributed by atoms with Crippen LogP contribution in [0, 0.1) is 5.92 Å². The fourth-order valence-electron chi connectivity index (χ4n) is 1.47. The number of thiocarbonyl (C=S) groups is 2. The molecule has 0 spiro atoms. The van der Waals surface area contributed by atoms with Crippen molar-refractivity contribution in [1.29, 1.82) is 0 Å². The molecule has 120 valence electrons. The van der Waals surface area contributed by atoms with Gasteiger partial charge in [0.1, 0.15) is 5.75 Å². The van der Waals surface area contributed by atoms with Gasteiger partial charge in [-0.15, -0.1) is 4.83 Å². The highest BCUT2D eigenvalue weighted by Crippen LogP contribution is 2.31. The maximum Gasteiger partial charge on any atom is 0.255 e. The van der Waals surface area contributed by atoms with Crippen LogP contribution >= 0.6 is 36.2 Å². The summed E-state index contributed by atoms with van der Waals surface area (Å²) in [6.45, 7) is 0. The topological polar surface area (TPSA) is 81.8 Å². The molecule has 1 aliphatic carbocycles. The minimum atomic E-state index is -3.82. The maximum atomic E-state index is 11.8. The molecular weight excluding hydrogens is 352 g/mol. The summed E-state index contributed by atoms with van der Waals surface area (Å²) in [5.41, 5.74) is 2.45. The van der Waals surface area contributed by atoms with Gasteiger partial charge in [0.25, 0.3) is 5.91 Å². The quantitative estimate of drug-likeness (QED) is 0.521. The third-order valence-corrected chi connectivity index (χ3v) is 5.79. The van der Waals surface area contributed by atoms with Gasteiger partial charge >= 0.3 is 0 Å². The average Bonchev–Trinajstić information content (AvgIpc) is 3.19. The number of carbonyl (C=O) groups excluding carboxylic acids is 1. The first kappa shape index (κ1) is 18.6. The van der Waals surface area contributed by atoms with Gasteiger partial charge in [-0.25, -0.2) is 8.42 Å². The van der Waals surface area contributed by atoms with E-state index in [1.54, 1.807) is 13.3 Å². The van der Waals surface area contributed by atoms with E-state index >= 15 is 0 Å². The predicted molar refractivity (Wildman–Crippen MR) is 92.0 cm³/mol. The summed E-state index contributed by atoms with van der Waals surface area (Å²) in [7, 11) is -0.738. The normalized spacial score (nSPS) is 14.4. The standard InChI is InChI=1S/C10H18N4O3S4/c1-13(9(18)7-4-5-7)11-8(15)6-21(16,17)12-14(2)10(19)20-3/h7,12H,4-6H2,1-3H3,(H,11,15). The van der Waals surface area contributed by atoms with Crippen molar-refractivity contribution in [1.82, 2.24) is 20.3 Å². The Labute approximate surface area is 139 Å². The van der Waals surface area contributed by atoms with Crippen molar-refractivity contribution in [2.24, 2.45) is 5.92 Å². The Morgan fingerprint density at radius 3 is 2.33 bits per heavy atom. The van der Waals surface area contributed by atoms with Gasteiger partial charge in [-0.3, -0.25) is 20.2 Å². The Morgan fingerprint density at radius 2 is 1.86 bits per heavy atom. The number of carbonyl (C=O) groups is 1. The van der Waals surface area contributed by atoms with Crippen LogP contribution < -0.4 is 10.3 Å². The predicted octanol–water partition coefficient (Wildman–Crippen LogP) is 0.101. The molecule has 0 bridgehead atoms.